The molecule has 104 valence electrons. The minimum Gasteiger partial charge on any atom is -0.384 e. The lowest BCUT2D eigenvalue weighted by molar-refractivity contribution is 0.618. The van der Waals surface area contributed by atoms with Crippen molar-refractivity contribution < 1.29 is 0 Å². The van der Waals surface area contributed by atoms with E-state index in [1.807, 2.05) is 36.4 Å². The third kappa shape index (κ3) is 2.79. The molecule has 0 fully saturated rings. The summed E-state index contributed by atoms with van der Waals surface area (Å²) in [6.45, 7) is 2.72. The van der Waals surface area contributed by atoms with E-state index in [4.69, 9.17) is 11.1 Å². The van der Waals surface area contributed by atoms with Gasteiger partial charge in [0.1, 0.15) is 5.84 Å². The summed E-state index contributed by atoms with van der Waals surface area (Å²) in [5.41, 5.74) is 7.41. The SMILES string of the molecule is CCCCn1c(-c2ccccc2)ccc(C(=N)N)c1=O. The Balaban J connectivity index is 2.60. The second kappa shape index (κ2) is 6.19. The van der Waals surface area contributed by atoms with Crippen LogP contribution >= 0.6 is 0 Å². The molecule has 0 atom stereocenters. The van der Waals surface area contributed by atoms with Gasteiger partial charge in [0.2, 0.25) is 0 Å². The molecule has 0 amide bonds. The highest BCUT2D eigenvalue weighted by atomic mass is 16.1. The first-order valence-corrected chi connectivity index (χ1v) is 6.78. The van der Waals surface area contributed by atoms with Crippen LogP contribution in [0, 0.1) is 5.41 Å². The molecular weight excluding hydrogens is 250 g/mol. The molecule has 4 nitrogen and oxygen atoms in total. The number of unbranched alkanes of at least 4 members (excludes halogenated alkanes) is 1. The van der Waals surface area contributed by atoms with Crippen molar-refractivity contribution in [3.63, 3.8) is 0 Å². The van der Waals surface area contributed by atoms with E-state index in [1.54, 1.807) is 10.6 Å². The van der Waals surface area contributed by atoms with E-state index in [1.165, 1.54) is 0 Å². The highest BCUT2D eigenvalue weighted by Gasteiger charge is 2.11. The topological polar surface area (TPSA) is 71.9 Å². The van der Waals surface area contributed by atoms with E-state index in [-0.39, 0.29) is 17.0 Å². The molecule has 0 aliphatic carbocycles. The van der Waals surface area contributed by atoms with Gasteiger partial charge in [-0.2, -0.15) is 0 Å². The number of amidine groups is 1. The minimum atomic E-state index is -0.188. The molecule has 0 aliphatic heterocycles. The number of hydrogen-bond acceptors (Lipinski definition) is 2. The Morgan fingerprint density at radius 2 is 1.90 bits per heavy atom. The summed E-state index contributed by atoms with van der Waals surface area (Å²) >= 11 is 0. The Morgan fingerprint density at radius 1 is 1.20 bits per heavy atom. The fraction of sp³-hybridized carbons (Fsp3) is 0.250. The zero-order chi connectivity index (χ0) is 14.5. The van der Waals surface area contributed by atoms with E-state index in [9.17, 15) is 4.79 Å². The number of nitrogens with two attached hydrogens (primary N) is 1. The zero-order valence-electron chi connectivity index (χ0n) is 11.6. The van der Waals surface area contributed by atoms with Crippen LogP contribution in [0.3, 0.4) is 0 Å². The highest BCUT2D eigenvalue weighted by Crippen LogP contribution is 2.18. The van der Waals surface area contributed by atoms with Crippen LogP contribution < -0.4 is 11.3 Å². The molecule has 1 aromatic heterocycles. The Kier molecular flexibility index (Phi) is 4.35. The molecule has 4 heteroatoms. The van der Waals surface area contributed by atoms with Crippen LogP contribution in [0.1, 0.15) is 25.3 Å². The Hall–Kier alpha value is -2.36. The molecule has 2 rings (SSSR count). The summed E-state index contributed by atoms with van der Waals surface area (Å²) in [5.74, 6) is -0.181. The molecule has 0 bridgehead atoms. The van der Waals surface area contributed by atoms with Gasteiger partial charge in [-0.3, -0.25) is 10.2 Å². The largest absolute Gasteiger partial charge is 0.384 e. The molecule has 20 heavy (non-hydrogen) atoms. The van der Waals surface area contributed by atoms with E-state index >= 15 is 0 Å². The number of hydrogen-bond donors (Lipinski definition) is 2. The first kappa shape index (κ1) is 14.1. The molecule has 3 N–H and O–H groups in total. The molecule has 1 aromatic carbocycles. The van der Waals surface area contributed by atoms with Crippen LogP contribution in [0.2, 0.25) is 0 Å². The van der Waals surface area contributed by atoms with Crippen LogP contribution in [0.25, 0.3) is 11.3 Å². The third-order valence-electron chi connectivity index (χ3n) is 3.27. The number of benzene rings is 1. The quantitative estimate of drug-likeness (QED) is 0.647. The molecule has 0 aliphatic rings. The van der Waals surface area contributed by atoms with Crippen molar-refractivity contribution in [3.8, 4) is 11.3 Å². The summed E-state index contributed by atoms with van der Waals surface area (Å²) in [6.07, 6.45) is 1.92. The van der Waals surface area contributed by atoms with E-state index in [0.29, 0.717) is 6.54 Å². The van der Waals surface area contributed by atoms with Crippen LogP contribution in [0.4, 0.5) is 0 Å². The number of nitrogens with zero attached hydrogens (tertiary/aromatic N) is 1. The zero-order valence-corrected chi connectivity index (χ0v) is 11.6. The predicted octanol–water partition coefficient (Wildman–Crippen LogP) is 2.60. The average Bonchev–Trinajstić information content (AvgIpc) is 2.46. The number of pyridine rings is 1. The van der Waals surface area contributed by atoms with E-state index in [2.05, 4.69) is 6.92 Å². The maximum absolute atomic E-state index is 12.5. The maximum Gasteiger partial charge on any atom is 0.262 e. The molecule has 2 aromatic rings. The van der Waals surface area contributed by atoms with Gasteiger partial charge in [-0.25, -0.2) is 0 Å². The molecular formula is C16H19N3O. The third-order valence-corrected chi connectivity index (χ3v) is 3.27. The van der Waals surface area contributed by atoms with Crippen molar-refractivity contribution in [2.75, 3.05) is 0 Å². The lowest BCUT2D eigenvalue weighted by Gasteiger charge is -2.14. The van der Waals surface area contributed by atoms with Gasteiger partial charge in [-0.05, 0) is 24.1 Å². The first-order valence-electron chi connectivity index (χ1n) is 6.78. The van der Waals surface area contributed by atoms with Crippen molar-refractivity contribution in [1.82, 2.24) is 4.57 Å². The van der Waals surface area contributed by atoms with Gasteiger partial charge in [-0.1, -0.05) is 43.7 Å². The predicted molar refractivity (Wildman–Crippen MR) is 82.1 cm³/mol. The Morgan fingerprint density at radius 3 is 2.50 bits per heavy atom. The van der Waals surface area contributed by atoms with E-state index in [0.717, 1.165) is 24.1 Å². The van der Waals surface area contributed by atoms with Crippen molar-refractivity contribution >= 4 is 5.84 Å². The first-order chi connectivity index (χ1) is 9.65. The molecule has 0 unspecified atom stereocenters. The lowest BCUT2D eigenvalue weighted by atomic mass is 10.1. The van der Waals surface area contributed by atoms with E-state index < -0.39 is 0 Å². The van der Waals surface area contributed by atoms with Crippen molar-refractivity contribution in [1.29, 1.82) is 5.41 Å². The van der Waals surface area contributed by atoms with Crippen LogP contribution in [-0.4, -0.2) is 10.4 Å². The molecule has 0 saturated heterocycles. The van der Waals surface area contributed by atoms with Crippen LogP contribution in [0.15, 0.2) is 47.3 Å². The monoisotopic (exact) mass is 269 g/mol. The fourth-order valence-electron chi connectivity index (χ4n) is 2.18. The molecule has 0 radical (unpaired) electrons. The van der Waals surface area contributed by atoms with Crippen molar-refractivity contribution in [2.24, 2.45) is 5.73 Å². The maximum atomic E-state index is 12.5. The van der Waals surface area contributed by atoms with Gasteiger partial charge in [0.25, 0.3) is 5.56 Å². The van der Waals surface area contributed by atoms with Gasteiger partial charge in [-0.15, -0.1) is 0 Å². The normalized spacial score (nSPS) is 10.4. The second-order valence-electron chi connectivity index (χ2n) is 4.72. The summed E-state index contributed by atoms with van der Waals surface area (Å²) in [5, 5.41) is 7.49. The number of nitrogen functional groups attached to an aromatic ring is 1. The Labute approximate surface area is 118 Å². The molecule has 0 saturated carbocycles. The van der Waals surface area contributed by atoms with Crippen molar-refractivity contribution in [2.45, 2.75) is 26.3 Å². The lowest BCUT2D eigenvalue weighted by Crippen LogP contribution is -2.30. The number of rotatable bonds is 5. The summed E-state index contributed by atoms with van der Waals surface area (Å²) in [4.78, 5) is 12.5. The second-order valence-corrected chi connectivity index (χ2v) is 4.72. The summed E-state index contributed by atoms with van der Waals surface area (Å²) in [6, 6.07) is 13.3. The molecule has 1 heterocycles. The smallest absolute Gasteiger partial charge is 0.262 e. The number of nitrogens with one attached hydrogen (secondary N) is 1. The van der Waals surface area contributed by atoms with Gasteiger partial charge >= 0.3 is 0 Å². The van der Waals surface area contributed by atoms with Crippen LogP contribution in [-0.2, 0) is 6.54 Å². The molecule has 0 spiro atoms. The van der Waals surface area contributed by atoms with Gasteiger partial charge < -0.3 is 10.3 Å². The summed E-state index contributed by atoms with van der Waals surface area (Å²) in [7, 11) is 0. The minimum absolute atomic E-state index is 0.181. The number of aromatic nitrogens is 1. The van der Waals surface area contributed by atoms with Gasteiger partial charge in [0.15, 0.2) is 0 Å². The van der Waals surface area contributed by atoms with Crippen LogP contribution in [0.5, 0.6) is 0 Å². The highest BCUT2D eigenvalue weighted by molar-refractivity contribution is 5.94. The standard InChI is InChI=1S/C16H19N3O/c1-2-3-11-19-14(12-7-5-4-6-8-12)10-9-13(15(17)18)16(19)20/h4-10H,2-3,11H2,1H3,(H3,17,18). The van der Waals surface area contributed by atoms with Gasteiger partial charge in [0.05, 0.1) is 11.3 Å². The Bertz CT molecular complexity index is 659. The summed E-state index contributed by atoms with van der Waals surface area (Å²) < 4.78 is 1.72. The average molecular weight is 269 g/mol. The fourth-order valence-corrected chi connectivity index (χ4v) is 2.18. The van der Waals surface area contributed by atoms with Crippen molar-refractivity contribution in [3.05, 3.63) is 58.4 Å². The van der Waals surface area contributed by atoms with Gasteiger partial charge in [0, 0.05) is 6.54 Å².